The van der Waals surface area contributed by atoms with E-state index in [0.717, 1.165) is 12.1 Å². The van der Waals surface area contributed by atoms with Gasteiger partial charge in [-0.05, 0) is 22.9 Å². The van der Waals surface area contributed by atoms with Crippen LogP contribution in [0.25, 0.3) is 11.1 Å². The first-order valence-electron chi connectivity index (χ1n) is 5.18. The smallest absolute Gasteiger partial charge is 0.137 e. The Morgan fingerprint density at radius 3 is 2.17 bits per heavy atom. The fourth-order valence-electron chi connectivity index (χ4n) is 1.82. The number of halogens is 3. The van der Waals surface area contributed by atoms with E-state index in [-0.39, 0.29) is 11.3 Å². The van der Waals surface area contributed by atoms with Crippen molar-refractivity contribution in [1.82, 2.24) is 9.78 Å². The molecule has 96 valence electrons. The average Bonchev–Trinajstić information content (AvgIpc) is 2.54. The van der Waals surface area contributed by atoms with Crippen molar-refractivity contribution in [2.75, 3.05) is 7.11 Å². The van der Waals surface area contributed by atoms with E-state index in [2.05, 4.69) is 21.0 Å². The number of ether oxygens (including phenoxy) is 1. The van der Waals surface area contributed by atoms with Crippen LogP contribution in [0.15, 0.2) is 16.7 Å². The minimum Gasteiger partial charge on any atom is -0.497 e. The Kier molecular flexibility index (Phi) is 3.38. The Hall–Kier alpha value is -1.43. The third-order valence-corrected chi connectivity index (χ3v) is 3.56. The molecule has 0 fully saturated rings. The van der Waals surface area contributed by atoms with Crippen LogP contribution in [0.4, 0.5) is 8.78 Å². The topological polar surface area (TPSA) is 27.1 Å². The van der Waals surface area contributed by atoms with Crippen LogP contribution in [0.5, 0.6) is 5.75 Å². The summed E-state index contributed by atoms with van der Waals surface area (Å²) < 4.78 is 34.8. The number of nitrogens with zero attached hydrogens (tertiary/aromatic N) is 2. The highest BCUT2D eigenvalue weighted by molar-refractivity contribution is 9.10. The number of benzene rings is 1. The molecule has 1 aromatic heterocycles. The van der Waals surface area contributed by atoms with Crippen LogP contribution in [0, 0.1) is 18.6 Å². The molecule has 0 aliphatic heterocycles. The maximum absolute atomic E-state index is 14.0. The third-order valence-electron chi connectivity index (χ3n) is 2.65. The maximum Gasteiger partial charge on any atom is 0.137 e. The normalized spacial score (nSPS) is 10.8. The molecule has 0 saturated carbocycles. The van der Waals surface area contributed by atoms with Gasteiger partial charge in [-0.3, -0.25) is 4.68 Å². The van der Waals surface area contributed by atoms with Crippen LogP contribution in [0.1, 0.15) is 5.69 Å². The van der Waals surface area contributed by atoms with Crippen LogP contribution in [-0.2, 0) is 7.05 Å². The molecule has 0 saturated heterocycles. The average molecular weight is 317 g/mol. The lowest BCUT2D eigenvalue weighted by Crippen LogP contribution is -1.94. The number of rotatable bonds is 2. The summed E-state index contributed by atoms with van der Waals surface area (Å²) in [6.07, 6.45) is 0. The second kappa shape index (κ2) is 4.68. The van der Waals surface area contributed by atoms with Crippen molar-refractivity contribution in [3.05, 3.63) is 34.1 Å². The first-order valence-corrected chi connectivity index (χ1v) is 5.97. The van der Waals surface area contributed by atoms with Crippen molar-refractivity contribution in [2.45, 2.75) is 6.92 Å². The molecule has 0 radical (unpaired) electrons. The summed E-state index contributed by atoms with van der Waals surface area (Å²) in [6.45, 7) is 1.70. The van der Waals surface area contributed by atoms with Crippen molar-refractivity contribution in [2.24, 2.45) is 7.05 Å². The maximum atomic E-state index is 14.0. The number of aromatic nitrogens is 2. The summed E-state index contributed by atoms with van der Waals surface area (Å²) in [5.41, 5.74) is 0.857. The molecule has 0 bridgehead atoms. The highest BCUT2D eigenvalue weighted by Crippen LogP contribution is 2.36. The summed E-state index contributed by atoms with van der Waals surface area (Å²) in [7, 11) is 3.05. The second-order valence-corrected chi connectivity index (χ2v) is 4.59. The molecular weight excluding hydrogens is 306 g/mol. The molecule has 0 amide bonds. The molecule has 18 heavy (non-hydrogen) atoms. The summed E-state index contributed by atoms with van der Waals surface area (Å²) in [5.74, 6) is -1.21. The van der Waals surface area contributed by atoms with E-state index < -0.39 is 11.6 Å². The zero-order valence-electron chi connectivity index (χ0n) is 10.1. The standard InChI is InChI=1S/C12H11BrF2N2O/c1-6-10(12(13)17(2)16-6)11-8(14)4-7(18-3)5-9(11)15/h4-5H,1-3H3. The molecule has 0 N–H and O–H groups in total. The van der Waals surface area contributed by atoms with Crippen molar-refractivity contribution < 1.29 is 13.5 Å². The van der Waals surface area contributed by atoms with Crippen molar-refractivity contribution in [1.29, 1.82) is 0 Å². The van der Waals surface area contributed by atoms with Gasteiger partial charge in [-0.2, -0.15) is 5.10 Å². The molecule has 1 aromatic carbocycles. The number of methoxy groups -OCH3 is 1. The van der Waals surface area contributed by atoms with Crippen LogP contribution in [0.2, 0.25) is 0 Å². The lowest BCUT2D eigenvalue weighted by atomic mass is 10.1. The summed E-state index contributed by atoms with van der Waals surface area (Å²) in [4.78, 5) is 0. The fraction of sp³-hybridized carbons (Fsp3) is 0.250. The number of aryl methyl sites for hydroxylation is 2. The van der Waals surface area contributed by atoms with E-state index >= 15 is 0 Å². The van der Waals surface area contributed by atoms with E-state index in [1.54, 1.807) is 14.0 Å². The summed E-state index contributed by atoms with van der Waals surface area (Å²) in [5, 5.41) is 4.12. The predicted octanol–water partition coefficient (Wildman–Crippen LogP) is 3.44. The highest BCUT2D eigenvalue weighted by Gasteiger charge is 2.21. The molecule has 0 unspecified atom stereocenters. The van der Waals surface area contributed by atoms with Gasteiger partial charge in [-0.1, -0.05) is 0 Å². The van der Waals surface area contributed by atoms with Gasteiger partial charge in [0.25, 0.3) is 0 Å². The number of hydrogen-bond acceptors (Lipinski definition) is 2. The van der Waals surface area contributed by atoms with Crippen molar-refractivity contribution in [3.63, 3.8) is 0 Å². The Morgan fingerprint density at radius 1 is 1.22 bits per heavy atom. The van der Waals surface area contributed by atoms with Gasteiger partial charge < -0.3 is 4.74 Å². The first kappa shape index (κ1) is 13.0. The Morgan fingerprint density at radius 2 is 1.78 bits per heavy atom. The zero-order chi connectivity index (χ0) is 13.4. The lowest BCUT2D eigenvalue weighted by Gasteiger charge is -2.07. The van der Waals surface area contributed by atoms with Crippen LogP contribution < -0.4 is 4.74 Å². The van der Waals surface area contributed by atoms with Gasteiger partial charge in [0.15, 0.2) is 0 Å². The van der Waals surface area contributed by atoms with Gasteiger partial charge in [0.2, 0.25) is 0 Å². The van der Waals surface area contributed by atoms with Crippen LogP contribution in [-0.4, -0.2) is 16.9 Å². The molecule has 6 heteroatoms. The second-order valence-electron chi connectivity index (χ2n) is 3.84. The molecule has 0 spiro atoms. The van der Waals surface area contributed by atoms with Gasteiger partial charge in [-0.15, -0.1) is 0 Å². The lowest BCUT2D eigenvalue weighted by molar-refractivity contribution is 0.407. The zero-order valence-corrected chi connectivity index (χ0v) is 11.7. The van der Waals surface area contributed by atoms with E-state index in [1.807, 2.05) is 0 Å². The molecule has 2 aromatic rings. The molecule has 0 atom stereocenters. The van der Waals surface area contributed by atoms with Crippen molar-refractivity contribution in [3.8, 4) is 16.9 Å². The van der Waals surface area contributed by atoms with Gasteiger partial charge in [0.1, 0.15) is 22.0 Å². The van der Waals surface area contributed by atoms with E-state index in [1.165, 1.54) is 11.8 Å². The Labute approximate surface area is 112 Å². The highest BCUT2D eigenvalue weighted by atomic mass is 79.9. The van der Waals surface area contributed by atoms with Gasteiger partial charge in [0, 0.05) is 24.7 Å². The predicted molar refractivity (Wildman–Crippen MR) is 67.5 cm³/mol. The van der Waals surface area contributed by atoms with Crippen LogP contribution in [0.3, 0.4) is 0 Å². The first-order chi connectivity index (χ1) is 8.45. The quantitative estimate of drug-likeness (QED) is 0.848. The minimum absolute atomic E-state index is 0.103. The van der Waals surface area contributed by atoms with Gasteiger partial charge in [0.05, 0.1) is 18.4 Å². The minimum atomic E-state index is -0.677. The van der Waals surface area contributed by atoms with Crippen LogP contribution >= 0.6 is 15.9 Å². The molecule has 0 aliphatic carbocycles. The molecule has 2 rings (SSSR count). The van der Waals surface area contributed by atoms with E-state index in [0.29, 0.717) is 15.9 Å². The molecule has 0 aliphatic rings. The van der Waals surface area contributed by atoms with E-state index in [4.69, 9.17) is 4.74 Å². The molecule has 3 nitrogen and oxygen atoms in total. The summed E-state index contributed by atoms with van der Waals surface area (Å²) >= 11 is 3.28. The third kappa shape index (κ3) is 2.01. The van der Waals surface area contributed by atoms with Crippen molar-refractivity contribution >= 4 is 15.9 Å². The number of hydrogen-bond donors (Lipinski definition) is 0. The Balaban J connectivity index is 2.71. The summed E-state index contributed by atoms with van der Waals surface area (Å²) in [6, 6.07) is 2.30. The SMILES string of the molecule is COc1cc(F)c(-c2c(C)nn(C)c2Br)c(F)c1. The van der Waals surface area contributed by atoms with E-state index in [9.17, 15) is 8.78 Å². The largest absolute Gasteiger partial charge is 0.497 e. The van der Waals surface area contributed by atoms with Gasteiger partial charge in [-0.25, -0.2) is 8.78 Å². The molecule has 1 heterocycles. The van der Waals surface area contributed by atoms with Gasteiger partial charge >= 0.3 is 0 Å². The fourth-order valence-corrected chi connectivity index (χ4v) is 2.39. The Bertz CT molecular complexity index is 587. The molecular formula is C12H11BrF2N2O. The monoisotopic (exact) mass is 316 g/mol.